The molecule has 0 bridgehead atoms. The molecule has 1 aliphatic rings. The van der Waals surface area contributed by atoms with Gasteiger partial charge in [0.15, 0.2) is 5.58 Å². The Labute approximate surface area is 293 Å². The van der Waals surface area contributed by atoms with Crippen LogP contribution in [0.25, 0.3) is 77.1 Å². The van der Waals surface area contributed by atoms with Gasteiger partial charge >= 0.3 is 0 Å². The highest BCUT2D eigenvalue weighted by molar-refractivity contribution is 6.13. The standard InChI is InChI=1S/C46H31N3O2/c1-2-13-28(14-3-1)36-27-37(33-19-10-18-32-31-17-6-9-25-41(31)50-44(32)33)48-46(47-36)35-21-12-26-42-43(35)34-20-11-24-40(45(34)51-42)49-38-22-7-4-15-29(38)30-16-5-8-23-39(30)49/h1-27,37,46-48H. The van der Waals surface area contributed by atoms with Gasteiger partial charge in [-0.25, -0.2) is 0 Å². The Morgan fingerprint density at radius 2 is 1.08 bits per heavy atom. The number of aromatic nitrogens is 1. The molecule has 2 atom stereocenters. The van der Waals surface area contributed by atoms with E-state index in [1.807, 2.05) is 12.1 Å². The van der Waals surface area contributed by atoms with Crippen molar-refractivity contribution in [1.82, 2.24) is 15.2 Å². The first-order valence-corrected chi connectivity index (χ1v) is 17.4. The third kappa shape index (κ3) is 4.25. The predicted molar refractivity (Wildman–Crippen MR) is 208 cm³/mol. The van der Waals surface area contributed by atoms with E-state index in [4.69, 9.17) is 8.83 Å². The normalized spacial score (nSPS) is 16.4. The maximum atomic E-state index is 6.84. The van der Waals surface area contributed by atoms with Gasteiger partial charge in [0.1, 0.15) is 22.9 Å². The van der Waals surface area contributed by atoms with Crippen molar-refractivity contribution in [2.24, 2.45) is 0 Å². The summed E-state index contributed by atoms with van der Waals surface area (Å²) < 4.78 is 15.7. The van der Waals surface area contributed by atoms with Crippen molar-refractivity contribution in [3.63, 3.8) is 0 Å². The molecule has 0 saturated heterocycles. The molecule has 0 radical (unpaired) electrons. The van der Waals surface area contributed by atoms with Gasteiger partial charge < -0.3 is 18.7 Å². The fourth-order valence-electron chi connectivity index (χ4n) is 8.26. The lowest BCUT2D eigenvalue weighted by Gasteiger charge is -2.33. The summed E-state index contributed by atoms with van der Waals surface area (Å²) >= 11 is 0. The van der Waals surface area contributed by atoms with Gasteiger partial charge in [0.05, 0.1) is 22.8 Å². The van der Waals surface area contributed by atoms with Crippen LogP contribution in [-0.2, 0) is 0 Å². The first kappa shape index (κ1) is 28.3. The smallest absolute Gasteiger partial charge is 0.159 e. The van der Waals surface area contributed by atoms with Gasteiger partial charge in [0.25, 0.3) is 0 Å². The summed E-state index contributed by atoms with van der Waals surface area (Å²) in [5, 5.41) is 14.7. The molecule has 11 rings (SSSR count). The zero-order valence-corrected chi connectivity index (χ0v) is 27.5. The van der Waals surface area contributed by atoms with Crippen LogP contribution in [-0.4, -0.2) is 4.57 Å². The van der Waals surface area contributed by atoms with Crippen LogP contribution in [0.3, 0.4) is 0 Å². The van der Waals surface area contributed by atoms with Gasteiger partial charge in [0, 0.05) is 49.1 Å². The molecule has 2 unspecified atom stereocenters. The molecule has 0 amide bonds. The van der Waals surface area contributed by atoms with Gasteiger partial charge in [-0.05, 0) is 42.0 Å². The summed E-state index contributed by atoms with van der Waals surface area (Å²) in [6.45, 7) is 0. The highest BCUT2D eigenvalue weighted by Gasteiger charge is 2.29. The Balaban J connectivity index is 1.11. The fourth-order valence-corrected chi connectivity index (χ4v) is 8.26. The summed E-state index contributed by atoms with van der Waals surface area (Å²) in [5.74, 6) is 0. The Kier molecular flexibility index (Phi) is 6.09. The van der Waals surface area contributed by atoms with Crippen molar-refractivity contribution in [2.75, 3.05) is 0 Å². The van der Waals surface area contributed by atoms with Crippen LogP contribution in [0.15, 0.2) is 173 Å². The Hall–Kier alpha value is -6.56. The Bertz CT molecular complexity index is 2950. The minimum atomic E-state index is -0.226. The number of nitrogens with one attached hydrogen (secondary N) is 2. The predicted octanol–water partition coefficient (Wildman–Crippen LogP) is 11.6. The van der Waals surface area contributed by atoms with Crippen LogP contribution in [0.4, 0.5) is 0 Å². The molecule has 4 heterocycles. The number of hydrogen-bond donors (Lipinski definition) is 2. The lowest BCUT2D eigenvalue weighted by atomic mass is 9.95. The molecule has 0 aliphatic carbocycles. The summed E-state index contributed by atoms with van der Waals surface area (Å²) in [6.07, 6.45) is 2.05. The molecule has 3 aromatic heterocycles. The van der Waals surface area contributed by atoms with Crippen molar-refractivity contribution in [2.45, 2.75) is 12.2 Å². The van der Waals surface area contributed by atoms with Crippen molar-refractivity contribution < 1.29 is 8.83 Å². The summed E-state index contributed by atoms with van der Waals surface area (Å²) in [4.78, 5) is 0. The monoisotopic (exact) mass is 657 g/mol. The summed E-state index contributed by atoms with van der Waals surface area (Å²) in [7, 11) is 0. The van der Waals surface area contributed by atoms with Crippen molar-refractivity contribution in [1.29, 1.82) is 0 Å². The van der Waals surface area contributed by atoms with Crippen LogP contribution in [0.2, 0.25) is 0 Å². The second kappa shape index (κ2) is 11.0. The van der Waals surface area contributed by atoms with Gasteiger partial charge in [0.2, 0.25) is 0 Å². The molecule has 0 fully saturated rings. The molecule has 51 heavy (non-hydrogen) atoms. The fraction of sp³-hybridized carbons (Fsp3) is 0.0435. The first-order valence-electron chi connectivity index (χ1n) is 17.4. The maximum Gasteiger partial charge on any atom is 0.159 e. The number of nitrogens with zero attached hydrogens (tertiary/aromatic N) is 1. The summed E-state index contributed by atoms with van der Waals surface area (Å²) in [5.41, 5.74) is 11.3. The minimum absolute atomic E-state index is 0.127. The molecule has 0 saturated carbocycles. The quantitative estimate of drug-likeness (QED) is 0.198. The van der Waals surface area contributed by atoms with E-state index in [9.17, 15) is 0 Å². The second-order valence-electron chi connectivity index (χ2n) is 13.3. The zero-order valence-electron chi connectivity index (χ0n) is 27.5. The highest BCUT2D eigenvalue weighted by atomic mass is 16.3. The highest BCUT2D eigenvalue weighted by Crippen LogP contribution is 2.42. The Morgan fingerprint density at radius 1 is 0.471 bits per heavy atom. The molecule has 2 N–H and O–H groups in total. The molecule has 10 aromatic rings. The number of rotatable bonds is 4. The molecule has 5 nitrogen and oxygen atoms in total. The SMILES string of the molecule is C1=C(c2ccccc2)NC(c2cccc3oc4c(-n5c6ccccc6c6ccccc65)cccc4c23)NC1c1cccc2c1oc1ccccc12. The molecule has 1 aliphatic heterocycles. The van der Waals surface area contributed by atoms with E-state index in [2.05, 4.69) is 167 Å². The van der Waals surface area contributed by atoms with Crippen molar-refractivity contribution in [3.8, 4) is 5.69 Å². The second-order valence-corrected chi connectivity index (χ2v) is 13.3. The average molecular weight is 658 g/mol. The number of para-hydroxylation sites is 5. The van der Waals surface area contributed by atoms with Gasteiger partial charge in [-0.1, -0.05) is 127 Å². The third-order valence-corrected chi connectivity index (χ3v) is 10.5. The minimum Gasteiger partial charge on any atom is -0.456 e. The van der Waals surface area contributed by atoms with E-state index >= 15 is 0 Å². The topological polar surface area (TPSA) is 55.3 Å². The van der Waals surface area contributed by atoms with Crippen molar-refractivity contribution in [3.05, 3.63) is 180 Å². The number of fused-ring (bicyclic) bond motifs is 9. The van der Waals surface area contributed by atoms with Crippen molar-refractivity contribution >= 4 is 71.4 Å². The molecule has 242 valence electrons. The Morgan fingerprint density at radius 3 is 1.90 bits per heavy atom. The van der Waals surface area contributed by atoms with E-state index in [1.54, 1.807) is 0 Å². The first-order chi connectivity index (χ1) is 25.3. The molecular formula is C46H31N3O2. The molecule has 5 heteroatoms. The largest absolute Gasteiger partial charge is 0.456 e. The van der Waals surface area contributed by atoms with Crippen LogP contribution in [0.5, 0.6) is 0 Å². The zero-order chi connectivity index (χ0) is 33.5. The number of furan rings is 2. The summed E-state index contributed by atoms with van der Waals surface area (Å²) in [6, 6.07) is 55.3. The number of benzene rings is 7. The van der Waals surface area contributed by atoms with E-state index in [-0.39, 0.29) is 12.2 Å². The van der Waals surface area contributed by atoms with E-state index in [0.717, 1.165) is 83.0 Å². The number of hydrogen-bond acceptors (Lipinski definition) is 4. The molecule has 0 spiro atoms. The van der Waals surface area contributed by atoms with Gasteiger partial charge in [-0.3, -0.25) is 5.32 Å². The molecule has 7 aromatic carbocycles. The maximum absolute atomic E-state index is 6.84. The van der Waals surface area contributed by atoms with E-state index < -0.39 is 0 Å². The van der Waals surface area contributed by atoms with E-state index in [0.29, 0.717) is 0 Å². The average Bonchev–Trinajstić information content (AvgIpc) is 3.88. The van der Waals surface area contributed by atoms with Gasteiger partial charge in [-0.2, -0.15) is 0 Å². The van der Waals surface area contributed by atoms with Crippen LogP contribution < -0.4 is 10.6 Å². The lowest BCUT2D eigenvalue weighted by molar-refractivity contribution is 0.444. The third-order valence-electron chi connectivity index (χ3n) is 10.5. The van der Waals surface area contributed by atoms with Crippen LogP contribution in [0.1, 0.15) is 28.9 Å². The lowest BCUT2D eigenvalue weighted by Crippen LogP contribution is -2.39. The van der Waals surface area contributed by atoms with Gasteiger partial charge in [-0.15, -0.1) is 0 Å². The van der Waals surface area contributed by atoms with E-state index in [1.165, 1.54) is 10.8 Å². The molecular weight excluding hydrogens is 627 g/mol. The van der Waals surface area contributed by atoms with Crippen LogP contribution in [0, 0.1) is 0 Å². The van der Waals surface area contributed by atoms with Crippen LogP contribution >= 0.6 is 0 Å².